The van der Waals surface area contributed by atoms with Crippen molar-refractivity contribution in [3.8, 4) is 33.4 Å². The van der Waals surface area contributed by atoms with Crippen molar-refractivity contribution in [3.63, 3.8) is 0 Å². The van der Waals surface area contributed by atoms with E-state index in [4.69, 9.17) is 0 Å². The van der Waals surface area contributed by atoms with Gasteiger partial charge in [0.05, 0.1) is 5.69 Å². The van der Waals surface area contributed by atoms with Crippen LogP contribution in [0.3, 0.4) is 0 Å². The Bertz CT molecular complexity index is 2930. The summed E-state index contributed by atoms with van der Waals surface area (Å²) < 4.78 is 0. The van der Waals surface area contributed by atoms with E-state index in [1.165, 1.54) is 76.5 Å². The van der Waals surface area contributed by atoms with Crippen LogP contribution >= 0.6 is 0 Å². The number of hydrogen-bond acceptors (Lipinski definition) is 1. The zero-order valence-electron chi connectivity index (χ0n) is 29.2. The number of rotatable bonds is 6. The highest BCUT2D eigenvalue weighted by Crippen LogP contribution is 2.47. The minimum atomic E-state index is 1.10. The summed E-state index contributed by atoms with van der Waals surface area (Å²) in [6.07, 6.45) is 0. The Balaban J connectivity index is 1.20. The van der Waals surface area contributed by atoms with Gasteiger partial charge < -0.3 is 4.90 Å². The maximum atomic E-state index is 2.42. The highest BCUT2D eigenvalue weighted by Gasteiger charge is 2.20. The third kappa shape index (κ3) is 5.34. The van der Waals surface area contributed by atoms with Gasteiger partial charge in [0.2, 0.25) is 0 Å². The summed E-state index contributed by atoms with van der Waals surface area (Å²) in [7, 11) is 0. The molecule has 0 heterocycles. The SMILES string of the molecule is c1ccc(-c2c(-c3cccc(N(c4ccc(-c5cccc6ccccc56)cc4)c4cccc5ccccc45)c3)c3ccccc3c3ccccc23)cc1. The topological polar surface area (TPSA) is 3.24 Å². The van der Waals surface area contributed by atoms with Crippen molar-refractivity contribution < 1.29 is 0 Å². The molecule has 0 aliphatic rings. The fraction of sp³-hybridized carbons (Fsp3) is 0. The molecule has 1 nitrogen and oxygen atoms in total. The molecule has 0 aliphatic heterocycles. The van der Waals surface area contributed by atoms with E-state index in [0.717, 1.165) is 17.1 Å². The Labute approximate surface area is 309 Å². The molecular weight excluding hydrogens is 639 g/mol. The molecule has 10 rings (SSSR count). The van der Waals surface area contributed by atoms with Gasteiger partial charge in [-0.2, -0.15) is 0 Å². The molecule has 0 saturated heterocycles. The molecule has 0 atom stereocenters. The van der Waals surface area contributed by atoms with E-state index < -0.39 is 0 Å². The fourth-order valence-electron chi connectivity index (χ4n) is 8.24. The van der Waals surface area contributed by atoms with E-state index in [2.05, 4.69) is 217 Å². The lowest BCUT2D eigenvalue weighted by Crippen LogP contribution is -2.10. The monoisotopic (exact) mass is 673 g/mol. The van der Waals surface area contributed by atoms with Crippen LogP contribution in [0.1, 0.15) is 0 Å². The van der Waals surface area contributed by atoms with Gasteiger partial charge in [0.15, 0.2) is 0 Å². The normalized spacial score (nSPS) is 11.4. The number of nitrogens with zero attached hydrogens (tertiary/aromatic N) is 1. The standard InChI is InChI=1S/C52H35N/c1-2-17-39(18-3-1)51-48-27-10-8-25-46(48)47-26-9-11-28-49(47)52(51)40-21-12-22-42(35-40)53(50-30-14-20-37-16-5-7-24-45(37)50)41-33-31-38(32-34-41)44-29-13-19-36-15-4-6-23-43(36)44/h1-35H. The first-order valence-electron chi connectivity index (χ1n) is 18.3. The zero-order chi connectivity index (χ0) is 35.1. The van der Waals surface area contributed by atoms with Crippen molar-refractivity contribution in [1.82, 2.24) is 0 Å². The van der Waals surface area contributed by atoms with Gasteiger partial charge in [0.25, 0.3) is 0 Å². The molecule has 0 bridgehead atoms. The maximum absolute atomic E-state index is 2.42. The quantitative estimate of drug-likeness (QED) is 0.159. The number of hydrogen-bond donors (Lipinski definition) is 0. The summed E-state index contributed by atoms with van der Waals surface area (Å²) in [4.78, 5) is 2.42. The number of benzene rings is 10. The van der Waals surface area contributed by atoms with Gasteiger partial charge in [-0.1, -0.05) is 182 Å². The van der Waals surface area contributed by atoms with Crippen molar-refractivity contribution >= 4 is 60.2 Å². The van der Waals surface area contributed by atoms with Gasteiger partial charge in [-0.3, -0.25) is 0 Å². The van der Waals surface area contributed by atoms with Gasteiger partial charge in [-0.05, 0) is 101 Å². The molecular formula is C52H35N. The first kappa shape index (κ1) is 30.8. The van der Waals surface area contributed by atoms with Crippen molar-refractivity contribution in [1.29, 1.82) is 0 Å². The molecule has 0 unspecified atom stereocenters. The minimum Gasteiger partial charge on any atom is -0.310 e. The zero-order valence-corrected chi connectivity index (χ0v) is 29.2. The Morgan fingerprint density at radius 1 is 0.264 bits per heavy atom. The molecule has 10 aromatic rings. The highest BCUT2D eigenvalue weighted by molar-refractivity contribution is 6.21. The van der Waals surface area contributed by atoms with Crippen molar-refractivity contribution in [2.45, 2.75) is 0 Å². The Morgan fingerprint density at radius 3 is 1.45 bits per heavy atom. The van der Waals surface area contributed by atoms with Crippen LogP contribution in [0.15, 0.2) is 212 Å². The van der Waals surface area contributed by atoms with Crippen LogP contribution in [-0.2, 0) is 0 Å². The second-order valence-corrected chi connectivity index (χ2v) is 13.7. The van der Waals surface area contributed by atoms with Crippen LogP contribution in [0.5, 0.6) is 0 Å². The summed E-state index contributed by atoms with van der Waals surface area (Å²) in [5, 5.41) is 9.97. The van der Waals surface area contributed by atoms with E-state index in [9.17, 15) is 0 Å². The number of fused-ring (bicyclic) bond motifs is 5. The van der Waals surface area contributed by atoms with Gasteiger partial charge in [-0.25, -0.2) is 0 Å². The average Bonchev–Trinajstić information content (AvgIpc) is 3.24. The van der Waals surface area contributed by atoms with Crippen molar-refractivity contribution in [2.24, 2.45) is 0 Å². The lowest BCUT2D eigenvalue weighted by molar-refractivity contribution is 1.30. The van der Waals surface area contributed by atoms with Crippen LogP contribution in [0, 0.1) is 0 Å². The molecule has 53 heavy (non-hydrogen) atoms. The summed E-state index contributed by atoms with van der Waals surface area (Å²) >= 11 is 0. The van der Waals surface area contributed by atoms with Gasteiger partial charge in [0, 0.05) is 16.8 Å². The molecule has 0 radical (unpaired) electrons. The van der Waals surface area contributed by atoms with Crippen molar-refractivity contribution in [2.75, 3.05) is 4.90 Å². The van der Waals surface area contributed by atoms with E-state index in [0.29, 0.717) is 0 Å². The summed E-state index contributed by atoms with van der Waals surface area (Å²) in [5.74, 6) is 0. The van der Waals surface area contributed by atoms with Crippen LogP contribution in [0.2, 0.25) is 0 Å². The van der Waals surface area contributed by atoms with Crippen LogP contribution in [0.4, 0.5) is 17.1 Å². The molecule has 248 valence electrons. The summed E-state index contributed by atoms with van der Waals surface area (Å²) in [5.41, 5.74) is 10.7. The van der Waals surface area contributed by atoms with Crippen LogP contribution in [-0.4, -0.2) is 0 Å². The Morgan fingerprint density at radius 2 is 0.755 bits per heavy atom. The molecule has 0 N–H and O–H groups in total. The second-order valence-electron chi connectivity index (χ2n) is 13.7. The van der Waals surface area contributed by atoms with E-state index in [1.807, 2.05) is 0 Å². The second kappa shape index (κ2) is 13.0. The predicted molar refractivity (Wildman–Crippen MR) is 227 cm³/mol. The average molecular weight is 674 g/mol. The molecule has 0 fully saturated rings. The van der Waals surface area contributed by atoms with Crippen molar-refractivity contribution in [3.05, 3.63) is 212 Å². The lowest BCUT2D eigenvalue weighted by Gasteiger charge is -2.28. The first-order chi connectivity index (χ1) is 26.3. The summed E-state index contributed by atoms with van der Waals surface area (Å²) in [6, 6.07) is 77.2. The Hall–Kier alpha value is -6.96. The first-order valence-corrected chi connectivity index (χ1v) is 18.3. The minimum absolute atomic E-state index is 1.10. The molecule has 10 aromatic carbocycles. The van der Waals surface area contributed by atoms with E-state index in [-0.39, 0.29) is 0 Å². The molecule has 0 saturated carbocycles. The van der Waals surface area contributed by atoms with Crippen LogP contribution < -0.4 is 4.90 Å². The van der Waals surface area contributed by atoms with Gasteiger partial charge in [-0.15, -0.1) is 0 Å². The highest BCUT2D eigenvalue weighted by atomic mass is 15.1. The van der Waals surface area contributed by atoms with E-state index in [1.54, 1.807) is 0 Å². The van der Waals surface area contributed by atoms with Gasteiger partial charge in [0.1, 0.15) is 0 Å². The smallest absolute Gasteiger partial charge is 0.0540 e. The molecule has 0 aromatic heterocycles. The Kier molecular flexibility index (Phi) is 7.55. The third-order valence-electron chi connectivity index (χ3n) is 10.6. The van der Waals surface area contributed by atoms with Gasteiger partial charge >= 0.3 is 0 Å². The largest absolute Gasteiger partial charge is 0.310 e. The fourth-order valence-corrected chi connectivity index (χ4v) is 8.24. The molecule has 1 heteroatoms. The van der Waals surface area contributed by atoms with Crippen LogP contribution in [0.25, 0.3) is 76.5 Å². The third-order valence-corrected chi connectivity index (χ3v) is 10.6. The lowest BCUT2D eigenvalue weighted by atomic mass is 9.85. The summed E-state index contributed by atoms with van der Waals surface area (Å²) in [6.45, 7) is 0. The molecule has 0 spiro atoms. The molecule has 0 aliphatic carbocycles. The molecule has 0 amide bonds. The van der Waals surface area contributed by atoms with E-state index >= 15 is 0 Å². The number of anilines is 3. The maximum Gasteiger partial charge on any atom is 0.0540 e. The predicted octanol–water partition coefficient (Wildman–Crippen LogP) is 14.8.